The lowest BCUT2D eigenvalue weighted by Crippen LogP contribution is -2.26. The van der Waals surface area contributed by atoms with Crippen LogP contribution >= 0.6 is 0 Å². The minimum absolute atomic E-state index is 0.714. The van der Waals surface area contributed by atoms with Gasteiger partial charge in [-0.2, -0.15) is 0 Å². The molecular weight excluding hydrogens is 178 g/mol. The first-order valence-electron chi connectivity index (χ1n) is 5.16. The number of likely N-dealkylation sites (N-methyl/N-ethyl adjacent to an activating group) is 1. The van der Waals surface area contributed by atoms with E-state index in [4.69, 9.17) is 10.3 Å². The Bertz CT molecular complexity index is 308. The molecule has 2 rings (SSSR count). The highest BCUT2D eigenvalue weighted by Gasteiger charge is 2.21. The highest BCUT2D eigenvalue weighted by molar-refractivity contribution is 5.25. The summed E-state index contributed by atoms with van der Waals surface area (Å²) in [5.41, 5.74) is 7.92. The Kier molecular flexibility index (Phi) is 2.84. The molecule has 0 unspecified atom stereocenters. The molecule has 0 amide bonds. The summed E-state index contributed by atoms with van der Waals surface area (Å²) < 4.78 is 5.34. The van der Waals surface area contributed by atoms with Crippen LogP contribution in [0, 0.1) is 0 Å². The van der Waals surface area contributed by atoms with E-state index < -0.39 is 0 Å². The minimum Gasteiger partial charge on any atom is -0.361 e. The summed E-state index contributed by atoms with van der Waals surface area (Å²) in [6.45, 7) is 2.76. The van der Waals surface area contributed by atoms with Crippen molar-refractivity contribution >= 4 is 0 Å². The van der Waals surface area contributed by atoms with Crippen molar-refractivity contribution in [3.63, 3.8) is 0 Å². The second-order valence-electron chi connectivity index (χ2n) is 3.91. The van der Waals surface area contributed by atoms with Gasteiger partial charge in [0.2, 0.25) is 0 Å². The van der Waals surface area contributed by atoms with Crippen molar-refractivity contribution in [2.75, 3.05) is 20.1 Å². The van der Waals surface area contributed by atoms with E-state index in [1.807, 2.05) is 0 Å². The van der Waals surface area contributed by atoms with E-state index in [0.29, 0.717) is 6.54 Å². The molecule has 4 nitrogen and oxygen atoms in total. The first kappa shape index (κ1) is 9.68. The largest absolute Gasteiger partial charge is 0.361 e. The SMILES string of the molecule is CN1CCc2noc(CCCN)c2C1. The molecule has 0 saturated heterocycles. The molecule has 1 aromatic rings. The highest BCUT2D eigenvalue weighted by Crippen LogP contribution is 2.21. The molecule has 14 heavy (non-hydrogen) atoms. The molecule has 0 aliphatic carbocycles. The van der Waals surface area contributed by atoms with E-state index in [1.54, 1.807) is 0 Å². The van der Waals surface area contributed by atoms with Crippen LogP contribution in [0.2, 0.25) is 0 Å². The maximum Gasteiger partial charge on any atom is 0.141 e. The normalized spacial score (nSPS) is 17.0. The van der Waals surface area contributed by atoms with Crippen LogP contribution in [0.3, 0.4) is 0 Å². The van der Waals surface area contributed by atoms with E-state index in [9.17, 15) is 0 Å². The molecular formula is C10H17N3O. The molecule has 1 aliphatic rings. The molecule has 4 heteroatoms. The van der Waals surface area contributed by atoms with Crippen LogP contribution in [0.5, 0.6) is 0 Å². The summed E-state index contributed by atoms with van der Waals surface area (Å²) in [5, 5.41) is 4.10. The van der Waals surface area contributed by atoms with Gasteiger partial charge in [0.15, 0.2) is 0 Å². The highest BCUT2D eigenvalue weighted by atomic mass is 16.5. The maximum atomic E-state index is 5.48. The zero-order valence-corrected chi connectivity index (χ0v) is 8.62. The fourth-order valence-corrected chi connectivity index (χ4v) is 1.86. The molecule has 2 N–H and O–H groups in total. The van der Waals surface area contributed by atoms with Crippen LogP contribution < -0.4 is 5.73 Å². The van der Waals surface area contributed by atoms with E-state index in [0.717, 1.165) is 43.8 Å². The Balaban J connectivity index is 2.13. The van der Waals surface area contributed by atoms with Crippen molar-refractivity contribution in [2.45, 2.75) is 25.8 Å². The van der Waals surface area contributed by atoms with Gasteiger partial charge in [-0.1, -0.05) is 5.16 Å². The summed E-state index contributed by atoms with van der Waals surface area (Å²) in [4.78, 5) is 2.30. The van der Waals surface area contributed by atoms with Gasteiger partial charge in [-0.15, -0.1) is 0 Å². The first-order valence-corrected chi connectivity index (χ1v) is 5.16. The van der Waals surface area contributed by atoms with Gasteiger partial charge in [0, 0.05) is 31.5 Å². The molecule has 0 spiro atoms. The summed E-state index contributed by atoms with van der Waals surface area (Å²) in [7, 11) is 2.13. The molecule has 1 aliphatic heterocycles. The molecule has 1 aromatic heterocycles. The van der Waals surface area contributed by atoms with Crippen molar-refractivity contribution in [1.82, 2.24) is 10.1 Å². The molecule has 0 atom stereocenters. The fraction of sp³-hybridized carbons (Fsp3) is 0.700. The van der Waals surface area contributed by atoms with Crippen LogP contribution in [-0.4, -0.2) is 30.2 Å². The lowest BCUT2D eigenvalue weighted by Gasteiger charge is -2.21. The standard InChI is InChI=1S/C10H17N3O/c1-13-6-4-9-8(7-13)10(14-12-9)3-2-5-11/h2-7,11H2,1H3. The van der Waals surface area contributed by atoms with Gasteiger partial charge in [-0.3, -0.25) is 0 Å². The van der Waals surface area contributed by atoms with Gasteiger partial charge in [-0.25, -0.2) is 0 Å². The first-order chi connectivity index (χ1) is 6.81. The van der Waals surface area contributed by atoms with Crippen LogP contribution in [0.4, 0.5) is 0 Å². The molecule has 0 aromatic carbocycles. The number of nitrogens with two attached hydrogens (primary N) is 1. The number of fused-ring (bicyclic) bond motifs is 1. The number of hydrogen-bond donors (Lipinski definition) is 1. The molecule has 0 bridgehead atoms. The van der Waals surface area contributed by atoms with Crippen molar-refractivity contribution < 1.29 is 4.52 Å². The van der Waals surface area contributed by atoms with Crippen molar-refractivity contribution in [1.29, 1.82) is 0 Å². The second-order valence-corrected chi connectivity index (χ2v) is 3.91. The van der Waals surface area contributed by atoms with Crippen LogP contribution in [0.25, 0.3) is 0 Å². The number of rotatable bonds is 3. The van der Waals surface area contributed by atoms with E-state index in [1.165, 1.54) is 5.56 Å². The zero-order valence-electron chi connectivity index (χ0n) is 8.62. The van der Waals surface area contributed by atoms with E-state index in [2.05, 4.69) is 17.1 Å². The van der Waals surface area contributed by atoms with Crippen molar-refractivity contribution in [2.24, 2.45) is 5.73 Å². The topological polar surface area (TPSA) is 55.3 Å². The summed E-state index contributed by atoms with van der Waals surface area (Å²) in [6.07, 6.45) is 2.91. The predicted molar refractivity (Wildman–Crippen MR) is 53.9 cm³/mol. The molecule has 0 radical (unpaired) electrons. The molecule has 78 valence electrons. The van der Waals surface area contributed by atoms with Crippen LogP contribution in [0.1, 0.15) is 23.4 Å². The summed E-state index contributed by atoms with van der Waals surface area (Å²) >= 11 is 0. The fourth-order valence-electron chi connectivity index (χ4n) is 1.86. The predicted octanol–water partition coefficient (Wildman–Crippen LogP) is 0.554. The summed E-state index contributed by atoms with van der Waals surface area (Å²) in [5.74, 6) is 1.04. The van der Waals surface area contributed by atoms with Gasteiger partial charge in [0.25, 0.3) is 0 Å². The Morgan fingerprint density at radius 1 is 1.57 bits per heavy atom. The average molecular weight is 195 g/mol. The summed E-state index contributed by atoms with van der Waals surface area (Å²) in [6, 6.07) is 0. The van der Waals surface area contributed by atoms with Gasteiger partial charge in [0.1, 0.15) is 5.76 Å². The smallest absolute Gasteiger partial charge is 0.141 e. The number of aryl methyl sites for hydroxylation is 1. The molecule has 0 fully saturated rings. The second kappa shape index (κ2) is 4.11. The van der Waals surface area contributed by atoms with Crippen LogP contribution in [-0.2, 0) is 19.4 Å². The van der Waals surface area contributed by atoms with Gasteiger partial charge in [-0.05, 0) is 20.0 Å². The van der Waals surface area contributed by atoms with Gasteiger partial charge >= 0.3 is 0 Å². The Hall–Kier alpha value is -0.870. The quantitative estimate of drug-likeness (QED) is 0.765. The third kappa shape index (κ3) is 1.81. The Morgan fingerprint density at radius 3 is 3.21 bits per heavy atom. The Morgan fingerprint density at radius 2 is 2.43 bits per heavy atom. The third-order valence-corrected chi connectivity index (χ3v) is 2.72. The Labute approximate surface area is 84.0 Å². The van der Waals surface area contributed by atoms with Gasteiger partial charge < -0.3 is 15.2 Å². The third-order valence-electron chi connectivity index (χ3n) is 2.72. The van der Waals surface area contributed by atoms with E-state index in [-0.39, 0.29) is 0 Å². The van der Waals surface area contributed by atoms with Crippen molar-refractivity contribution in [3.8, 4) is 0 Å². The van der Waals surface area contributed by atoms with E-state index >= 15 is 0 Å². The molecule has 0 saturated carbocycles. The number of aromatic nitrogens is 1. The monoisotopic (exact) mass is 195 g/mol. The van der Waals surface area contributed by atoms with Crippen molar-refractivity contribution in [3.05, 3.63) is 17.0 Å². The lowest BCUT2D eigenvalue weighted by molar-refractivity contribution is 0.310. The number of nitrogens with zero attached hydrogens (tertiary/aromatic N) is 2. The minimum atomic E-state index is 0.714. The lowest BCUT2D eigenvalue weighted by atomic mass is 10.0. The maximum absolute atomic E-state index is 5.48. The average Bonchev–Trinajstić information content (AvgIpc) is 2.57. The zero-order chi connectivity index (χ0) is 9.97. The van der Waals surface area contributed by atoms with Gasteiger partial charge in [0.05, 0.1) is 5.69 Å². The number of hydrogen-bond acceptors (Lipinski definition) is 4. The van der Waals surface area contributed by atoms with Crippen LogP contribution in [0.15, 0.2) is 4.52 Å². The molecule has 2 heterocycles.